The molecule has 3 amide bonds. The average Bonchev–Trinajstić information content (AvgIpc) is 3.25. The highest BCUT2D eigenvalue weighted by molar-refractivity contribution is 5.82. The van der Waals surface area contributed by atoms with Gasteiger partial charge < -0.3 is 24.1 Å². The Labute approximate surface area is 174 Å². The molecule has 1 N–H and O–H groups in total. The van der Waals surface area contributed by atoms with Gasteiger partial charge in [-0.2, -0.15) is 0 Å². The molecule has 158 valence electrons. The third-order valence-corrected chi connectivity index (χ3v) is 5.77. The maximum Gasteiger partial charge on any atom is 0.317 e. The molecule has 1 saturated heterocycles. The Morgan fingerprint density at radius 1 is 1.07 bits per heavy atom. The fourth-order valence-corrected chi connectivity index (χ4v) is 3.84. The fourth-order valence-electron chi connectivity index (χ4n) is 3.84. The van der Waals surface area contributed by atoms with Gasteiger partial charge in [0.25, 0.3) is 0 Å². The van der Waals surface area contributed by atoms with Crippen molar-refractivity contribution < 1.29 is 18.5 Å². The Bertz CT molecular complexity index is 1060. The first-order chi connectivity index (χ1) is 14.4. The molecule has 0 bridgehead atoms. The lowest BCUT2D eigenvalue weighted by molar-refractivity contribution is -0.131. The molecule has 3 heterocycles. The Morgan fingerprint density at radius 3 is 2.43 bits per heavy atom. The maximum atomic E-state index is 12.6. The number of rotatable bonds is 4. The number of hydrogen-bond acceptors (Lipinski definition) is 5. The Balaban J connectivity index is 1.29. The smallest absolute Gasteiger partial charge is 0.317 e. The van der Waals surface area contributed by atoms with E-state index in [2.05, 4.69) is 10.5 Å². The second-order valence-electron chi connectivity index (χ2n) is 7.65. The van der Waals surface area contributed by atoms with Crippen LogP contribution in [0.1, 0.15) is 28.3 Å². The summed E-state index contributed by atoms with van der Waals surface area (Å²) in [5.74, 6) is 1.47. The predicted octanol–water partition coefficient (Wildman–Crippen LogP) is 2.94. The van der Waals surface area contributed by atoms with Crippen LogP contribution in [-0.4, -0.2) is 53.1 Å². The van der Waals surface area contributed by atoms with E-state index in [4.69, 9.17) is 8.94 Å². The van der Waals surface area contributed by atoms with E-state index >= 15 is 0 Å². The molecule has 4 rings (SSSR count). The van der Waals surface area contributed by atoms with E-state index in [0.29, 0.717) is 38.5 Å². The number of urea groups is 1. The number of amides is 3. The number of nitrogens with one attached hydrogen (secondary N) is 1. The summed E-state index contributed by atoms with van der Waals surface area (Å²) < 4.78 is 11.0. The summed E-state index contributed by atoms with van der Waals surface area (Å²) in [6.45, 7) is 8.01. The lowest BCUT2D eigenvalue weighted by Gasteiger charge is -2.34. The highest BCUT2D eigenvalue weighted by Crippen LogP contribution is 2.24. The quantitative estimate of drug-likeness (QED) is 0.714. The molecule has 3 aromatic rings. The molecule has 0 atom stereocenters. The number of aromatic nitrogens is 1. The largest absolute Gasteiger partial charge is 0.459 e. The van der Waals surface area contributed by atoms with Crippen molar-refractivity contribution in [3.05, 3.63) is 52.6 Å². The second kappa shape index (κ2) is 8.22. The van der Waals surface area contributed by atoms with E-state index in [1.54, 1.807) is 9.80 Å². The Morgan fingerprint density at radius 2 is 1.77 bits per heavy atom. The minimum atomic E-state index is -0.146. The zero-order chi connectivity index (χ0) is 21.3. The van der Waals surface area contributed by atoms with Crippen LogP contribution in [0.2, 0.25) is 0 Å². The number of para-hydroxylation sites is 1. The third kappa shape index (κ3) is 3.90. The van der Waals surface area contributed by atoms with Gasteiger partial charge >= 0.3 is 6.03 Å². The SMILES string of the molecule is Cc1noc(C)c1CC(=O)N1CCN(C(=O)NCc2oc3ccccc3c2C)CC1. The van der Waals surface area contributed by atoms with Crippen molar-refractivity contribution in [2.24, 2.45) is 0 Å². The second-order valence-corrected chi connectivity index (χ2v) is 7.65. The maximum absolute atomic E-state index is 12.6. The van der Waals surface area contributed by atoms with Gasteiger partial charge in [0.1, 0.15) is 17.1 Å². The summed E-state index contributed by atoms with van der Waals surface area (Å²) >= 11 is 0. The summed E-state index contributed by atoms with van der Waals surface area (Å²) in [5, 5.41) is 7.90. The average molecular weight is 410 g/mol. The van der Waals surface area contributed by atoms with Crippen LogP contribution in [0.5, 0.6) is 0 Å². The summed E-state index contributed by atoms with van der Waals surface area (Å²) in [6.07, 6.45) is 0.276. The van der Waals surface area contributed by atoms with E-state index in [1.165, 1.54) is 0 Å². The van der Waals surface area contributed by atoms with E-state index < -0.39 is 0 Å². The first kappa shape index (κ1) is 20.0. The monoisotopic (exact) mass is 410 g/mol. The van der Waals surface area contributed by atoms with Crippen LogP contribution in [0.3, 0.4) is 0 Å². The molecule has 30 heavy (non-hydrogen) atoms. The van der Waals surface area contributed by atoms with Crippen LogP contribution in [-0.2, 0) is 17.8 Å². The van der Waals surface area contributed by atoms with Gasteiger partial charge in [-0.15, -0.1) is 0 Å². The third-order valence-electron chi connectivity index (χ3n) is 5.77. The summed E-state index contributed by atoms with van der Waals surface area (Å²) in [4.78, 5) is 28.7. The number of benzene rings is 1. The topological polar surface area (TPSA) is 91.8 Å². The molecule has 0 spiro atoms. The van der Waals surface area contributed by atoms with E-state index in [9.17, 15) is 9.59 Å². The molecule has 8 heteroatoms. The molecule has 0 saturated carbocycles. The van der Waals surface area contributed by atoms with Gasteiger partial charge in [0.2, 0.25) is 5.91 Å². The highest BCUT2D eigenvalue weighted by atomic mass is 16.5. The van der Waals surface area contributed by atoms with Crippen molar-refractivity contribution in [1.29, 1.82) is 0 Å². The minimum absolute atomic E-state index is 0.0300. The molecule has 2 aromatic heterocycles. The molecule has 1 aliphatic rings. The van der Waals surface area contributed by atoms with Gasteiger partial charge in [-0.25, -0.2) is 4.79 Å². The molecule has 8 nitrogen and oxygen atoms in total. The van der Waals surface area contributed by atoms with Gasteiger partial charge in [-0.1, -0.05) is 23.4 Å². The standard InChI is InChI=1S/C22H26N4O4/c1-14-17-6-4-5-7-19(17)29-20(14)13-23-22(28)26-10-8-25(9-11-26)21(27)12-18-15(2)24-30-16(18)3/h4-7H,8-13H2,1-3H3,(H,23,28). The summed E-state index contributed by atoms with van der Waals surface area (Å²) in [6, 6.07) is 7.69. The summed E-state index contributed by atoms with van der Waals surface area (Å²) in [7, 11) is 0. The van der Waals surface area contributed by atoms with Crippen LogP contribution < -0.4 is 5.32 Å². The van der Waals surface area contributed by atoms with Crippen molar-refractivity contribution in [2.45, 2.75) is 33.7 Å². The normalized spacial score (nSPS) is 14.4. The van der Waals surface area contributed by atoms with Crippen LogP contribution >= 0.6 is 0 Å². The molecule has 0 radical (unpaired) electrons. The number of hydrogen-bond donors (Lipinski definition) is 1. The van der Waals surface area contributed by atoms with Crippen LogP contribution in [0.4, 0.5) is 4.79 Å². The number of nitrogens with zero attached hydrogens (tertiary/aromatic N) is 3. The number of piperazine rings is 1. The van der Waals surface area contributed by atoms with E-state index in [-0.39, 0.29) is 18.4 Å². The Kier molecular flexibility index (Phi) is 5.48. The van der Waals surface area contributed by atoms with Crippen molar-refractivity contribution >= 4 is 22.9 Å². The van der Waals surface area contributed by atoms with E-state index in [0.717, 1.165) is 33.6 Å². The molecule has 1 fully saturated rings. The first-order valence-electron chi connectivity index (χ1n) is 10.1. The lowest BCUT2D eigenvalue weighted by atomic mass is 10.1. The highest BCUT2D eigenvalue weighted by Gasteiger charge is 2.25. The van der Waals surface area contributed by atoms with E-state index in [1.807, 2.05) is 45.0 Å². The minimum Gasteiger partial charge on any atom is -0.459 e. The predicted molar refractivity (Wildman–Crippen MR) is 111 cm³/mol. The van der Waals surface area contributed by atoms with Crippen molar-refractivity contribution in [3.8, 4) is 0 Å². The molecule has 0 aliphatic carbocycles. The molecule has 1 aliphatic heterocycles. The zero-order valence-electron chi connectivity index (χ0n) is 17.5. The van der Waals surface area contributed by atoms with Gasteiger partial charge in [-0.05, 0) is 26.8 Å². The van der Waals surface area contributed by atoms with Gasteiger partial charge in [-0.3, -0.25) is 4.79 Å². The van der Waals surface area contributed by atoms with Crippen LogP contribution in [0, 0.1) is 20.8 Å². The van der Waals surface area contributed by atoms with Crippen molar-refractivity contribution in [3.63, 3.8) is 0 Å². The zero-order valence-corrected chi connectivity index (χ0v) is 17.5. The number of carbonyl (C=O) groups excluding carboxylic acids is 2. The lowest BCUT2D eigenvalue weighted by Crippen LogP contribution is -2.53. The number of fused-ring (bicyclic) bond motifs is 1. The van der Waals surface area contributed by atoms with Gasteiger partial charge in [0, 0.05) is 42.7 Å². The van der Waals surface area contributed by atoms with Crippen LogP contribution in [0.15, 0.2) is 33.2 Å². The molecular formula is C22H26N4O4. The number of carbonyl (C=O) groups is 2. The summed E-state index contributed by atoms with van der Waals surface area (Å²) in [5.41, 5.74) is 3.46. The molecular weight excluding hydrogens is 384 g/mol. The first-order valence-corrected chi connectivity index (χ1v) is 10.1. The number of furan rings is 1. The van der Waals surface area contributed by atoms with Crippen molar-refractivity contribution in [1.82, 2.24) is 20.3 Å². The van der Waals surface area contributed by atoms with Gasteiger partial charge in [0.05, 0.1) is 18.7 Å². The fraction of sp³-hybridized carbons (Fsp3) is 0.409. The molecule has 1 aromatic carbocycles. The van der Waals surface area contributed by atoms with Gasteiger partial charge in [0.15, 0.2) is 0 Å². The van der Waals surface area contributed by atoms with Crippen LogP contribution in [0.25, 0.3) is 11.0 Å². The number of aryl methyl sites for hydroxylation is 3. The molecule has 0 unspecified atom stereocenters. The van der Waals surface area contributed by atoms with Crippen molar-refractivity contribution in [2.75, 3.05) is 26.2 Å². The Hall–Kier alpha value is -3.29.